The molecule has 1 N–H and O–H groups in total. The van der Waals surface area contributed by atoms with Crippen LogP contribution in [-0.4, -0.2) is 5.91 Å². The van der Waals surface area contributed by atoms with Crippen LogP contribution >= 0.6 is 22.9 Å². The van der Waals surface area contributed by atoms with E-state index in [9.17, 15) is 4.79 Å². The molecule has 0 aliphatic carbocycles. The molecule has 0 spiro atoms. The van der Waals surface area contributed by atoms with Crippen molar-refractivity contribution < 1.29 is 4.79 Å². The summed E-state index contributed by atoms with van der Waals surface area (Å²) in [6.45, 7) is 4.08. The molecule has 23 heavy (non-hydrogen) atoms. The lowest BCUT2D eigenvalue weighted by Gasteiger charge is -2.09. The lowest BCUT2D eigenvalue weighted by molar-refractivity contribution is 0.102. The molecule has 0 radical (unpaired) electrons. The van der Waals surface area contributed by atoms with Crippen molar-refractivity contribution in [1.82, 2.24) is 0 Å². The number of carbonyl (C=O) groups excluding carboxylic acids is 1. The molecular formula is C19H18ClNOS. The molecule has 1 aromatic heterocycles. The maximum atomic E-state index is 12.8. The number of thiophene rings is 1. The first-order valence-corrected chi connectivity index (χ1v) is 8.87. The number of fused-ring (bicyclic) bond motifs is 1. The largest absolute Gasteiger partial charge is 0.321 e. The molecule has 0 aliphatic heterocycles. The molecular weight excluding hydrogens is 326 g/mol. The second-order valence-corrected chi connectivity index (χ2v) is 7.06. The van der Waals surface area contributed by atoms with Gasteiger partial charge in [0.05, 0.1) is 4.88 Å². The molecule has 0 fully saturated rings. The minimum Gasteiger partial charge on any atom is -0.321 e. The van der Waals surface area contributed by atoms with E-state index >= 15 is 0 Å². The van der Waals surface area contributed by atoms with Crippen molar-refractivity contribution in [1.29, 1.82) is 0 Å². The van der Waals surface area contributed by atoms with Crippen LogP contribution in [0.25, 0.3) is 10.1 Å². The molecule has 1 heterocycles. The first-order chi connectivity index (χ1) is 11.1. The molecule has 2 nitrogen and oxygen atoms in total. The first-order valence-electron chi connectivity index (χ1n) is 7.68. The fourth-order valence-corrected chi connectivity index (χ4v) is 4.10. The lowest BCUT2D eigenvalue weighted by Crippen LogP contribution is -2.13. The fourth-order valence-electron chi connectivity index (χ4n) is 2.73. The van der Waals surface area contributed by atoms with Crippen LogP contribution in [0.3, 0.4) is 0 Å². The van der Waals surface area contributed by atoms with Crippen molar-refractivity contribution in [2.75, 3.05) is 5.32 Å². The predicted molar refractivity (Wildman–Crippen MR) is 100.0 cm³/mol. The van der Waals surface area contributed by atoms with E-state index < -0.39 is 0 Å². The summed E-state index contributed by atoms with van der Waals surface area (Å²) in [5.74, 6) is -0.0416. The highest BCUT2D eigenvalue weighted by atomic mass is 35.5. The number of amides is 1. The minimum atomic E-state index is -0.0416. The number of halogens is 1. The quantitative estimate of drug-likeness (QED) is 0.612. The molecule has 3 rings (SSSR count). The van der Waals surface area contributed by atoms with Gasteiger partial charge in [0.15, 0.2) is 0 Å². The monoisotopic (exact) mass is 343 g/mol. The number of rotatable bonds is 4. The van der Waals surface area contributed by atoms with Crippen LogP contribution in [0.4, 0.5) is 5.69 Å². The Morgan fingerprint density at radius 3 is 2.74 bits per heavy atom. The molecule has 1 amide bonds. The van der Waals surface area contributed by atoms with Crippen molar-refractivity contribution in [2.45, 2.75) is 26.7 Å². The average molecular weight is 344 g/mol. The summed E-state index contributed by atoms with van der Waals surface area (Å²) < 4.78 is 1.16. The van der Waals surface area contributed by atoms with Gasteiger partial charge in [-0.15, -0.1) is 11.3 Å². The van der Waals surface area contributed by atoms with Gasteiger partial charge < -0.3 is 5.32 Å². The van der Waals surface area contributed by atoms with Crippen LogP contribution in [-0.2, 0) is 6.42 Å². The van der Waals surface area contributed by atoms with E-state index in [0.29, 0.717) is 5.02 Å². The van der Waals surface area contributed by atoms with Crippen molar-refractivity contribution in [3.05, 3.63) is 63.5 Å². The van der Waals surface area contributed by atoms with Gasteiger partial charge in [-0.05, 0) is 54.1 Å². The maximum Gasteiger partial charge on any atom is 0.266 e. The predicted octanol–water partition coefficient (Wildman–Crippen LogP) is 6.07. The van der Waals surface area contributed by atoms with E-state index in [0.717, 1.165) is 39.2 Å². The second kappa shape index (κ2) is 6.73. The molecule has 3 aromatic rings. The SMILES string of the molecule is CCCc1c(C(=O)Nc2ccc(Cl)cc2C)sc2ccccc12. The van der Waals surface area contributed by atoms with Crippen LogP contribution in [0.1, 0.15) is 34.1 Å². The van der Waals surface area contributed by atoms with Crippen molar-refractivity contribution in [3.63, 3.8) is 0 Å². The van der Waals surface area contributed by atoms with E-state index in [1.54, 1.807) is 17.4 Å². The summed E-state index contributed by atoms with van der Waals surface area (Å²) in [5.41, 5.74) is 2.92. The Kier molecular flexibility index (Phi) is 4.69. The van der Waals surface area contributed by atoms with Crippen LogP contribution in [0.5, 0.6) is 0 Å². The van der Waals surface area contributed by atoms with Gasteiger partial charge in [-0.25, -0.2) is 0 Å². The zero-order valence-electron chi connectivity index (χ0n) is 13.2. The zero-order valence-corrected chi connectivity index (χ0v) is 14.7. The maximum absolute atomic E-state index is 12.8. The molecule has 0 aliphatic rings. The number of carbonyl (C=O) groups is 1. The van der Waals surface area contributed by atoms with Gasteiger partial charge in [0.25, 0.3) is 5.91 Å². The molecule has 0 saturated heterocycles. The summed E-state index contributed by atoms with van der Waals surface area (Å²) >= 11 is 7.54. The molecule has 0 bridgehead atoms. The molecule has 0 unspecified atom stereocenters. The molecule has 2 aromatic carbocycles. The summed E-state index contributed by atoms with van der Waals surface area (Å²) in [5, 5.41) is 4.89. The van der Waals surface area contributed by atoms with Crippen molar-refractivity contribution in [3.8, 4) is 0 Å². The normalized spacial score (nSPS) is 10.9. The van der Waals surface area contributed by atoms with Crippen LogP contribution in [0, 0.1) is 6.92 Å². The number of benzene rings is 2. The Balaban J connectivity index is 1.98. The molecule has 0 atom stereocenters. The highest BCUT2D eigenvalue weighted by molar-refractivity contribution is 7.21. The number of hydrogen-bond donors (Lipinski definition) is 1. The van der Waals surface area contributed by atoms with Crippen LogP contribution in [0.2, 0.25) is 5.02 Å². The Labute approximate surface area is 145 Å². The molecule has 4 heteroatoms. The summed E-state index contributed by atoms with van der Waals surface area (Å²) in [4.78, 5) is 13.6. The Morgan fingerprint density at radius 2 is 2.00 bits per heavy atom. The summed E-state index contributed by atoms with van der Waals surface area (Å²) in [6.07, 6.45) is 1.92. The second-order valence-electron chi connectivity index (χ2n) is 5.57. The Hall–Kier alpha value is -1.84. The molecule has 118 valence electrons. The smallest absolute Gasteiger partial charge is 0.266 e. The lowest BCUT2D eigenvalue weighted by atomic mass is 10.1. The number of hydrogen-bond acceptors (Lipinski definition) is 2. The third-order valence-electron chi connectivity index (χ3n) is 3.84. The third kappa shape index (κ3) is 3.26. The fraction of sp³-hybridized carbons (Fsp3) is 0.211. The van der Waals surface area contributed by atoms with Gasteiger partial charge in [-0.3, -0.25) is 4.79 Å². The number of nitrogens with one attached hydrogen (secondary N) is 1. The van der Waals surface area contributed by atoms with Crippen molar-refractivity contribution >= 4 is 44.6 Å². The highest BCUT2D eigenvalue weighted by Gasteiger charge is 2.18. The highest BCUT2D eigenvalue weighted by Crippen LogP contribution is 2.33. The zero-order chi connectivity index (χ0) is 16.4. The van der Waals surface area contributed by atoms with Crippen LogP contribution < -0.4 is 5.32 Å². The van der Waals surface area contributed by atoms with Gasteiger partial charge in [-0.1, -0.05) is 43.1 Å². The van der Waals surface area contributed by atoms with Crippen molar-refractivity contribution in [2.24, 2.45) is 0 Å². The molecule has 0 saturated carbocycles. The third-order valence-corrected chi connectivity index (χ3v) is 5.29. The van der Waals surface area contributed by atoms with Gasteiger partial charge in [0.1, 0.15) is 0 Å². The Morgan fingerprint density at radius 1 is 1.22 bits per heavy atom. The summed E-state index contributed by atoms with van der Waals surface area (Å²) in [7, 11) is 0. The minimum absolute atomic E-state index is 0.0416. The topological polar surface area (TPSA) is 29.1 Å². The van der Waals surface area contributed by atoms with Crippen LogP contribution in [0.15, 0.2) is 42.5 Å². The number of aryl methyl sites for hydroxylation is 2. The van der Waals surface area contributed by atoms with E-state index in [1.165, 1.54) is 5.39 Å². The van der Waals surface area contributed by atoms with E-state index in [-0.39, 0.29) is 5.91 Å². The van der Waals surface area contributed by atoms with Gasteiger partial charge in [-0.2, -0.15) is 0 Å². The number of anilines is 1. The average Bonchev–Trinajstić information content (AvgIpc) is 2.90. The standard InChI is InChI=1S/C19H18ClNOS/c1-3-6-15-14-7-4-5-8-17(14)23-18(15)19(22)21-16-10-9-13(20)11-12(16)2/h4-5,7-11H,3,6H2,1-2H3,(H,21,22). The van der Waals surface area contributed by atoms with E-state index in [1.807, 2.05) is 31.2 Å². The van der Waals surface area contributed by atoms with E-state index in [4.69, 9.17) is 11.6 Å². The van der Waals surface area contributed by atoms with E-state index in [2.05, 4.69) is 24.4 Å². The Bertz CT molecular complexity index is 869. The first kappa shape index (κ1) is 16.0. The van der Waals surface area contributed by atoms with Gasteiger partial charge >= 0.3 is 0 Å². The van der Waals surface area contributed by atoms with Gasteiger partial charge in [0.2, 0.25) is 0 Å². The van der Waals surface area contributed by atoms with Gasteiger partial charge in [0, 0.05) is 15.4 Å². The summed E-state index contributed by atoms with van der Waals surface area (Å²) in [6, 6.07) is 13.7.